The summed E-state index contributed by atoms with van der Waals surface area (Å²) >= 11 is 0. The van der Waals surface area contributed by atoms with Crippen LogP contribution in [0.3, 0.4) is 0 Å². The van der Waals surface area contributed by atoms with Crippen LogP contribution in [-0.4, -0.2) is 16.3 Å². The van der Waals surface area contributed by atoms with Crippen molar-refractivity contribution in [2.75, 3.05) is 0 Å². The molecule has 0 heterocycles. The van der Waals surface area contributed by atoms with Gasteiger partial charge in [-0.1, -0.05) is 0 Å². The Bertz CT molecular complexity index is 98.3. The van der Waals surface area contributed by atoms with Gasteiger partial charge in [0.2, 0.25) is 0 Å². The van der Waals surface area contributed by atoms with Gasteiger partial charge in [0.05, 0.1) is 5.54 Å². The molecule has 0 unspecified atom stereocenters. The van der Waals surface area contributed by atoms with Crippen molar-refractivity contribution >= 4 is 0 Å². The molecule has 0 aromatic heterocycles. The van der Waals surface area contributed by atoms with Gasteiger partial charge in [-0.15, -0.1) is 0 Å². The maximum absolute atomic E-state index is 8.68. The first kappa shape index (κ1) is 9.84. The number of rotatable bonds is 3. The van der Waals surface area contributed by atoms with Crippen molar-refractivity contribution in [2.45, 2.75) is 38.8 Å². The van der Waals surface area contributed by atoms with Crippen LogP contribution in [-0.2, 0) is 4.84 Å². The minimum Gasteiger partial charge on any atom is -0.316 e. The largest absolute Gasteiger partial charge is 0.316 e. The summed E-state index contributed by atoms with van der Waals surface area (Å²) in [6.45, 7) is 7.16. The average molecular weight is 148 g/mol. The Morgan fingerprint density at radius 2 is 1.70 bits per heavy atom. The molecule has 0 aromatic carbocycles. The summed E-state index contributed by atoms with van der Waals surface area (Å²) in [6.07, 6.45) is 0. The van der Waals surface area contributed by atoms with Gasteiger partial charge in [-0.05, 0) is 27.7 Å². The second kappa shape index (κ2) is 2.84. The van der Waals surface area contributed by atoms with Gasteiger partial charge in [0.1, 0.15) is 5.60 Å². The Balaban J connectivity index is 4.28. The monoisotopic (exact) mass is 148 g/mol. The van der Waals surface area contributed by atoms with E-state index >= 15 is 0 Å². The lowest BCUT2D eigenvalue weighted by atomic mass is 9.87. The van der Waals surface area contributed by atoms with E-state index in [1.807, 2.05) is 0 Å². The predicted octanol–water partition coefficient (Wildman–Crippen LogP) is 0.413. The normalized spacial score (nSPS) is 13.8. The van der Waals surface area contributed by atoms with Crippen molar-refractivity contribution < 1.29 is 10.0 Å². The molecule has 0 radical (unpaired) electrons. The topological polar surface area (TPSA) is 67.5 Å². The molecule has 4 N–H and O–H groups in total. The molecule has 10 heavy (non-hydrogen) atoms. The summed E-state index contributed by atoms with van der Waals surface area (Å²) in [7, 11) is 0. The fourth-order valence-corrected chi connectivity index (χ4v) is 0.282. The van der Waals surface area contributed by atoms with E-state index in [0.29, 0.717) is 0 Å². The SMILES string of the molecule is CC(C)(NO)C(C)(C)ON. The van der Waals surface area contributed by atoms with E-state index in [4.69, 9.17) is 11.1 Å². The second-order valence-corrected chi connectivity index (χ2v) is 3.36. The molecule has 0 aliphatic rings. The van der Waals surface area contributed by atoms with Crippen LogP contribution in [0, 0.1) is 0 Å². The highest BCUT2D eigenvalue weighted by molar-refractivity contribution is 4.91. The van der Waals surface area contributed by atoms with Gasteiger partial charge in [-0.3, -0.25) is 4.84 Å². The fraction of sp³-hybridized carbons (Fsp3) is 1.00. The van der Waals surface area contributed by atoms with Gasteiger partial charge in [0.15, 0.2) is 0 Å². The van der Waals surface area contributed by atoms with Crippen LogP contribution in [0.1, 0.15) is 27.7 Å². The standard InChI is InChI=1S/C6H16N2O2/c1-5(2,8-9)6(3,4)10-7/h8-9H,7H2,1-4H3. The van der Waals surface area contributed by atoms with Crippen LogP contribution in [0.2, 0.25) is 0 Å². The van der Waals surface area contributed by atoms with E-state index < -0.39 is 11.1 Å². The maximum Gasteiger partial charge on any atom is 0.103 e. The molecule has 0 spiro atoms. The number of hydrogen-bond acceptors (Lipinski definition) is 4. The lowest BCUT2D eigenvalue weighted by Gasteiger charge is -2.37. The minimum atomic E-state index is -0.595. The molecular weight excluding hydrogens is 132 g/mol. The minimum absolute atomic E-state index is 0.554. The summed E-state index contributed by atoms with van der Waals surface area (Å²) in [6, 6.07) is 0. The molecule has 0 saturated heterocycles. The van der Waals surface area contributed by atoms with Gasteiger partial charge in [-0.25, -0.2) is 5.90 Å². The van der Waals surface area contributed by atoms with E-state index in [1.165, 1.54) is 0 Å². The van der Waals surface area contributed by atoms with Crippen LogP contribution in [0.4, 0.5) is 0 Å². The Labute approximate surface area is 61.3 Å². The maximum atomic E-state index is 8.68. The zero-order valence-corrected chi connectivity index (χ0v) is 6.93. The Morgan fingerprint density at radius 1 is 1.30 bits per heavy atom. The van der Waals surface area contributed by atoms with Crippen molar-refractivity contribution in [3.05, 3.63) is 0 Å². The second-order valence-electron chi connectivity index (χ2n) is 3.36. The zero-order valence-electron chi connectivity index (χ0n) is 6.93. The zero-order chi connectivity index (χ0) is 8.41. The third kappa shape index (κ3) is 1.67. The average Bonchev–Trinajstić information content (AvgIpc) is 1.88. The summed E-state index contributed by atoms with van der Waals surface area (Å²) in [4.78, 5) is 4.67. The molecule has 4 nitrogen and oxygen atoms in total. The van der Waals surface area contributed by atoms with E-state index in [0.717, 1.165) is 0 Å². The van der Waals surface area contributed by atoms with E-state index in [1.54, 1.807) is 27.7 Å². The molecule has 4 heteroatoms. The highest BCUT2D eigenvalue weighted by Gasteiger charge is 2.37. The van der Waals surface area contributed by atoms with Gasteiger partial charge in [-0.2, -0.15) is 5.48 Å². The van der Waals surface area contributed by atoms with Gasteiger partial charge < -0.3 is 5.21 Å². The number of hydroxylamine groups is 1. The third-order valence-electron chi connectivity index (χ3n) is 2.08. The first-order chi connectivity index (χ1) is 4.37. The highest BCUT2D eigenvalue weighted by atomic mass is 16.6. The first-order valence-electron chi connectivity index (χ1n) is 3.16. The van der Waals surface area contributed by atoms with Crippen molar-refractivity contribution in [1.29, 1.82) is 0 Å². The lowest BCUT2D eigenvalue weighted by molar-refractivity contribution is -0.112. The van der Waals surface area contributed by atoms with Crippen LogP contribution >= 0.6 is 0 Å². The molecule has 0 amide bonds. The molecule has 0 aliphatic carbocycles. The van der Waals surface area contributed by atoms with E-state index in [-0.39, 0.29) is 0 Å². The van der Waals surface area contributed by atoms with Crippen molar-refractivity contribution in [3.8, 4) is 0 Å². The van der Waals surface area contributed by atoms with E-state index in [9.17, 15) is 0 Å². The molecule has 0 rings (SSSR count). The smallest absolute Gasteiger partial charge is 0.103 e. The Kier molecular flexibility index (Phi) is 2.79. The van der Waals surface area contributed by atoms with Crippen molar-refractivity contribution in [3.63, 3.8) is 0 Å². The lowest BCUT2D eigenvalue weighted by Crippen LogP contribution is -2.57. The molecule has 0 atom stereocenters. The fourth-order valence-electron chi connectivity index (χ4n) is 0.282. The Morgan fingerprint density at radius 3 is 1.80 bits per heavy atom. The van der Waals surface area contributed by atoms with Crippen LogP contribution < -0.4 is 11.4 Å². The van der Waals surface area contributed by atoms with Gasteiger partial charge >= 0.3 is 0 Å². The summed E-state index contributed by atoms with van der Waals surface area (Å²) in [5.74, 6) is 5.02. The quantitative estimate of drug-likeness (QED) is 0.507. The Hall–Kier alpha value is -0.160. The summed E-state index contributed by atoms with van der Waals surface area (Å²) in [5, 5.41) is 8.68. The molecule has 62 valence electrons. The summed E-state index contributed by atoms with van der Waals surface area (Å²) in [5.41, 5.74) is 0.978. The van der Waals surface area contributed by atoms with Crippen LogP contribution in [0.25, 0.3) is 0 Å². The number of nitrogens with two attached hydrogens (primary N) is 1. The van der Waals surface area contributed by atoms with Crippen molar-refractivity contribution in [2.24, 2.45) is 5.90 Å². The van der Waals surface area contributed by atoms with Crippen LogP contribution in [0.5, 0.6) is 0 Å². The van der Waals surface area contributed by atoms with Crippen molar-refractivity contribution in [1.82, 2.24) is 5.48 Å². The number of hydrogen-bond donors (Lipinski definition) is 3. The molecule has 0 aromatic rings. The number of nitrogens with one attached hydrogen (secondary N) is 1. The highest BCUT2D eigenvalue weighted by Crippen LogP contribution is 2.22. The summed E-state index contributed by atoms with van der Waals surface area (Å²) < 4.78 is 0. The molecular formula is C6H16N2O2. The molecule has 0 aliphatic heterocycles. The van der Waals surface area contributed by atoms with Crippen LogP contribution in [0.15, 0.2) is 0 Å². The molecule has 0 bridgehead atoms. The predicted molar refractivity (Wildman–Crippen MR) is 38.4 cm³/mol. The van der Waals surface area contributed by atoms with Gasteiger partial charge in [0.25, 0.3) is 0 Å². The first-order valence-corrected chi connectivity index (χ1v) is 3.16. The van der Waals surface area contributed by atoms with E-state index in [2.05, 4.69) is 10.3 Å². The molecule has 0 saturated carbocycles. The van der Waals surface area contributed by atoms with Gasteiger partial charge in [0, 0.05) is 0 Å². The third-order valence-corrected chi connectivity index (χ3v) is 2.08. The molecule has 0 fully saturated rings.